The molecule has 1 heterocycles. The van der Waals surface area contributed by atoms with Gasteiger partial charge in [-0.2, -0.15) is 0 Å². The Bertz CT molecular complexity index is 417. The predicted octanol–water partition coefficient (Wildman–Crippen LogP) is 2.82. The van der Waals surface area contributed by atoms with E-state index in [-0.39, 0.29) is 0 Å². The van der Waals surface area contributed by atoms with E-state index in [0.717, 1.165) is 15.1 Å². The average molecular weight is 297 g/mol. The molecule has 2 rings (SSSR count). The molecule has 70 valence electrons. The van der Waals surface area contributed by atoms with Crippen molar-refractivity contribution in [3.8, 4) is 0 Å². The van der Waals surface area contributed by atoms with Gasteiger partial charge in [-0.25, -0.2) is 9.97 Å². The van der Waals surface area contributed by atoms with E-state index >= 15 is 0 Å². The molecule has 0 amide bonds. The zero-order valence-corrected chi connectivity index (χ0v) is 9.47. The van der Waals surface area contributed by atoms with E-state index in [0.29, 0.717) is 0 Å². The lowest BCUT2D eigenvalue weighted by Gasteiger charge is -2.05. The summed E-state index contributed by atoms with van der Waals surface area (Å²) in [7, 11) is 0. The first kappa shape index (κ1) is 9.39. The Hall–Kier alpha value is -1.17. The summed E-state index contributed by atoms with van der Waals surface area (Å²) in [6, 6.07) is 9.94. The van der Waals surface area contributed by atoms with Crippen LogP contribution in [0.3, 0.4) is 0 Å². The number of benzene rings is 1. The first-order valence-corrected chi connectivity index (χ1v) is 5.22. The van der Waals surface area contributed by atoms with Crippen molar-refractivity contribution < 1.29 is 0 Å². The SMILES string of the molecule is Ic1cncnc1Nc1ccccc1. The highest BCUT2D eigenvalue weighted by Crippen LogP contribution is 2.18. The smallest absolute Gasteiger partial charge is 0.147 e. The number of hydrogen-bond acceptors (Lipinski definition) is 3. The molecule has 14 heavy (non-hydrogen) atoms. The summed E-state index contributed by atoms with van der Waals surface area (Å²) in [5.74, 6) is 0.840. The van der Waals surface area contributed by atoms with Gasteiger partial charge in [-0.1, -0.05) is 18.2 Å². The van der Waals surface area contributed by atoms with Gasteiger partial charge in [0.15, 0.2) is 0 Å². The lowest BCUT2D eigenvalue weighted by Crippen LogP contribution is -1.96. The maximum absolute atomic E-state index is 4.14. The van der Waals surface area contributed by atoms with Gasteiger partial charge in [0.1, 0.15) is 12.1 Å². The van der Waals surface area contributed by atoms with Gasteiger partial charge in [0.05, 0.1) is 3.57 Å². The van der Waals surface area contributed by atoms with Crippen molar-refractivity contribution in [2.75, 3.05) is 5.32 Å². The minimum atomic E-state index is 0.840. The number of para-hydroxylation sites is 1. The standard InChI is InChI=1S/C10H8IN3/c11-9-6-12-7-13-10(9)14-8-4-2-1-3-5-8/h1-7H,(H,12,13,14). The number of hydrogen-bond donors (Lipinski definition) is 1. The molecule has 2 aromatic rings. The zero-order chi connectivity index (χ0) is 9.80. The van der Waals surface area contributed by atoms with Crippen LogP contribution in [-0.2, 0) is 0 Å². The molecule has 0 radical (unpaired) electrons. The van der Waals surface area contributed by atoms with Gasteiger partial charge in [0.2, 0.25) is 0 Å². The Kier molecular flexibility index (Phi) is 2.93. The van der Waals surface area contributed by atoms with Crippen molar-refractivity contribution in [3.05, 3.63) is 46.4 Å². The molecule has 0 aliphatic carbocycles. The lowest BCUT2D eigenvalue weighted by atomic mass is 10.3. The van der Waals surface area contributed by atoms with E-state index in [9.17, 15) is 0 Å². The van der Waals surface area contributed by atoms with Gasteiger partial charge in [0.25, 0.3) is 0 Å². The summed E-state index contributed by atoms with van der Waals surface area (Å²) >= 11 is 2.20. The third-order valence-electron chi connectivity index (χ3n) is 1.70. The molecule has 0 aliphatic heterocycles. The minimum absolute atomic E-state index is 0.840. The molecule has 0 saturated heterocycles. The first-order chi connectivity index (χ1) is 6.86. The van der Waals surface area contributed by atoms with Gasteiger partial charge in [-0.3, -0.25) is 0 Å². The summed E-state index contributed by atoms with van der Waals surface area (Å²) in [6.07, 6.45) is 3.31. The molecule has 0 saturated carbocycles. The number of aromatic nitrogens is 2. The second-order valence-corrected chi connectivity index (χ2v) is 3.87. The maximum Gasteiger partial charge on any atom is 0.147 e. The third-order valence-corrected chi connectivity index (χ3v) is 2.49. The zero-order valence-electron chi connectivity index (χ0n) is 7.31. The van der Waals surface area contributed by atoms with Crippen LogP contribution in [-0.4, -0.2) is 9.97 Å². The monoisotopic (exact) mass is 297 g/mol. The predicted molar refractivity (Wildman–Crippen MR) is 64.5 cm³/mol. The van der Waals surface area contributed by atoms with Crippen LogP contribution in [0.1, 0.15) is 0 Å². The highest BCUT2D eigenvalue weighted by Gasteiger charge is 1.99. The van der Waals surface area contributed by atoms with E-state index in [4.69, 9.17) is 0 Å². The summed E-state index contributed by atoms with van der Waals surface area (Å²) in [5.41, 5.74) is 1.03. The minimum Gasteiger partial charge on any atom is -0.339 e. The van der Waals surface area contributed by atoms with Gasteiger partial charge in [-0.15, -0.1) is 0 Å². The fourth-order valence-corrected chi connectivity index (χ4v) is 1.50. The van der Waals surface area contributed by atoms with Crippen molar-refractivity contribution >= 4 is 34.1 Å². The molecule has 4 heteroatoms. The normalized spacial score (nSPS) is 9.79. The van der Waals surface area contributed by atoms with Crippen molar-refractivity contribution in [1.29, 1.82) is 0 Å². The van der Waals surface area contributed by atoms with Crippen molar-refractivity contribution in [2.45, 2.75) is 0 Å². The number of anilines is 2. The highest BCUT2D eigenvalue weighted by atomic mass is 127. The number of rotatable bonds is 2. The largest absolute Gasteiger partial charge is 0.339 e. The van der Waals surface area contributed by atoms with Crippen LogP contribution in [0.4, 0.5) is 11.5 Å². The summed E-state index contributed by atoms with van der Waals surface area (Å²) in [6.45, 7) is 0. The Morgan fingerprint density at radius 1 is 1.14 bits per heavy atom. The quantitative estimate of drug-likeness (QED) is 0.866. The van der Waals surface area contributed by atoms with E-state index < -0.39 is 0 Å². The molecule has 0 spiro atoms. The van der Waals surface area contributed by atoms with Crippen LogP contribution in [0.2, 0.25) is 0 Å². The second kappa shape index (κ2) is 4.36. The maximum atomic E-state index is 4.14. The van der Waals surface area contributed by atoms with Crippen LogP contribution in [0.5, 0.6) is 0 Å². The molecule has 1 N–H and O–H groups in total. The number of nitrogens with one attached hydrogen (secondary N) is 1. The Morgan fingerprint density at radius 2 is 1.93 bits per heavy atom. The van der Waals surface area contributed by atoms with Gasteiger partial charge in [0, 0.05) is 11.9 Å². The average Bonchev–Trinajstić information content (AvgIpc) is 2.23. The Balaban J connectivity index is 2.24. The molecule has 0 fully saturated rings. The van der Waals surface area contributed by atoms with Crippen LogP contribution in [0.15, 0.2) is 42.9 Å². The molecule has 0 unspecified atom stereocenters. The lowest BCUT2D eigenvalue weighted by molar-refractivity contribution is 1.15. The third kappa shape index (κ3) is 2.20. The molecule has 1 aromatic carbocycles. The molecule has 3 nitrogen and oxygen atoms in total. The molecular weight excluding hydrogens is 289 g/mol. The summed E-state index contributed by atoms with van der Waals surface area (Å²) in [5, 5.41) is 3.21. The summed E-state index contributed by atoms with van der Waals surface area (Å²) in [4.78, 5) is 8.07. The molecule has 0 bridgehead atoms. The van der Waals surface area contributed by atoms with E-state index in [1.165, 1.54) is 6.33 Å². The first-order valence-electron chi connectivity index (χ1n) is 4.14. The second-order valence-electron chi connectivity index (χ2n) is 2.71. The van der Waals surface area contributed by atoms with E-state index in [1.54, 1.807) is 6.20 Å². The van der Waals surface area contributed by atoms with Gasteiger partial charge >= 0.3 is 0 Å². The summed E-state index contributed by atoms with van der Waals surface area (Å²) < 4.78 is 1.01. The van der Waals surface area contributed by atoms with E-state index in [2.05, 4.69) is 37.9 Å². The van der Waals surface area contributed by atoms with Crippen molar-refractivity contribution in [2.24, 2.45) is 0 Å². The fraction of sp³-hybridized carbons (Fsp3) is 0. The molecule has 0 aliphatic rings. The fourth-order valence-electron chi connectivity index (χ4n) is 1.06. The van der Waals surface area contributed by atoms with Crippen LogP contribution in [0, 0.1) is 3.57 Å². The number of halogens is 1. The molecule has 0 atom stereocenters. The van der Waals surface area contributed by atoms with Gasteiger partial charge < -0.3 is 5.32 Å². The van der Waals surface area contributed by atoms with Gasteiger partial charge in [-0.05, 0) is 34.7 Å². The molecule has 1 aromatic heterocycles. The van der Waals surface area contributed by atoms with Crippen LogP contribution in [0.25, 0.3) is 0 Å². The van der Waals surface area contributed by atoms with Crippen molar-refractivity contribution in [1.82, 2.24) is 9.97 Å². The Labute approximate surface area is 95.7 Å². The van der Waals surface area contributed by atoms with E-state index in [1.807, 2.05) is 30.3 Å². The number of nitrogens with zero attached hydrogens (tertiary/aromatic N) is 2. The topological polar surface area (TPSA) is 37.8 Å². The van der Waals surface area contributed by atoms with Crippen molar-refractivity contribution in [3.63, 3.8) is 0 Å². The van der Waals surface area contributed by atoms with Crippen LogP contribution >= 0.6 is 22.6 Å². The Morgan fingerprint density at radius 3 is 2.64 bits per heavy atom. The van der Waals surface area contributed by atoms with Crippen LogP contribution < -0.4 is 5.32 Å². The highest BCUT2D eigenvalue weighted by molar-refractivity contribution is 14.1. The molecular formula is C10H8IN3.